The van der Waals surface area contributed by atoms with Crippen molar-refractivity contribution in [2.45, 2.75) is 31.5 Å². The van der Waals surface area contributed by atoms with Crippen molar-refractivity contribution in [1.29, 1.82) is 0 Å². The van der Waals surface area contributed by atoms with Crippen LogP contribution in [0, 0.1) is 5.82 Å². The number of ether oxygens (including phenoxy) is 1. The second kappa shape index (κ2) is 8.97. The van der Waals surface area contributed by atoms with E-state index in [-0.39, 0.29) is 29.8 Å². The third-order valence-electron chi connectivity index (χ3n) is 5.16. The molecule has 0 aliphatic carbocycles. The van der Waals surface area contributed by atoms with Gasteiger partial charge in [0.2, 0.25) is 17.6 Å². The Morgan fingerprint density at radius 2 is 1.97 bits per heavy atom. The molecule has 0 N–H and O–H groups in total. The number of carbonyl (C=O) groups excluding carboxylic acids is 1. The largest absolute Gasteiger partial charge is 0.573 e. The molecule has 1 aromatic heterocycles. The lowest BCUT2D eigenvalue weighted by Crippen LogP contribution is -2.40. The quantitative estimate of drug-likeness (QED) is 0.527. The highest BCUT2D eigenvalue weighted by Gasteiger charge is 2.31. The number of piperidine rings is 1. The van der Waals surface area contributed by atoms with E-state index in [0.29, 0.717) is 30.1 Å². The zero-order valence-corrected chi connectivity index (χ0v) is 16.8. The van der Waals surface area contributed by atoms with Gasteiger partial charge in [0.05, 0.1) is 12.3 Å². The fourth-order valence-electron chi connectivity index (χ4n) is 3.65. The molecule has 168 valence electrons. The summed E-state index contributed by atoms with van der Waals surface area (Å²) in [6, 6.07) is 11.1. The average molecular weight is 449 g/mol. The van der Waals surface area contributed by atoms with Gasteiger partial charge in [-0.15, -0.1) is 13.2 Å². The summed E-state index contributed by atoms with van der Waals surface area (Å²) in [5, 5.41) is 3.93. The normalized spacial score (nSPS) is 16.8. The summed E-state index contributed by atoms with van der Waals surface area (Å²) in [4.78, 5) is 18.8. The van der Waals surface area contributed by atoms with E-state index >= 15 is 0 Å². The van der Waals surface area contributed by atoms with Crippen LogP contribution >= 0.6 is 0 Å². The number of likely N-dealkylation sites (tertiary alicyclic amines) is 1. The molecule has 0 radical (unpaired) electrons. The highest BCUT2D eigenvalue weighted by atomic mass is 19.4. The molecular weight excluding hydrogens is 430 g/mol. The van der Waals surface area contributed by atoms with Gasteiger partial charge in [-0.1, -0.05) is 29.4 Å². The number of carbonyl (C=O) groups is 1. The number of hydrogen-bond acceptors (Lipinski definition) is 5. The van der Waals surface area contributed by atoms with Crippen LogP contribution in [0.15, 0.2) is 53.1 Å². The fraction of sp³-hybridized carbons (Fsp3) is 0.318. The molecule has 3 aromatic rings. The van der Waals surface area contributed by atoms with Crippen LogP contribution in [-0.4, -0.2) is 40.4 Å². The lowest BCUT2D eigenvalue weighted by molar-refractivity contribution is -0.274. The maximum Gasteiger partial charge on any atom is 0.573 e. The molecule has 1 aliphatic rings. The Kier molecular flexibility index (Phi) is 6.11. The van der Waals surface area contributed by atoms with E-state index < -0.39 is 12.2 Å². The van der Waals surface area contributed by atoms with Crippen molar-refractivity contribution in [1.82, 2.24) is 15.0 Å². The van der Waals surface area contributed by atoms with Crippen LogP contribution in [0.1, 0.15) is 30.2 Å². The van der Waals surface area contributed by atoms with Crippen molar-refractivity contribution in [3.63, 3.8) is 0 Å². The minimum Gasteiger partial charge on any atom is -0.406 e. The van der Waals surface area contributed by atoms with E-state index in [1.807, 2.05) is 0 Å². The monoisotopic (exact) mass is 449 g/mol. The van der Waals surface area contributed by atoms with E-state index in [1.165, 1.54) is 36.4 Å². The van der Waals surface area contributed by atoms with Gasteiger partial charge in [0, 0.05) is 18.7 Å². The predicted molar refractivity (Wildman–Crippen MR) is 105 cm³/mol. The third-order valence-corrected chi connectivity index (χ3v) is 5.16. The molecule has 0 spiro atoms. The van der Waals surface area contributed by atoms with E-state index in [2.05, 4.69) is 14.9 Å². The summed E-state index contributed by atoms with van der Waals surface area (Å²) < 4.78 is 59.5. The number of rotatable bonds is 5. The smallest absolute Gasteiger partial charge is 0.406 e. The minimum atomic E-state index is -4.76. The zero-order valence-electron chi connectivity index (χ0n) is 16.8. The Labute approximate surface area is 180 Å². The molecule has 1 amide bonds. The second-order valence-electron chi connectivity index (χ2n) is 7.51. The van der Waals surface area contributed by atoms with Gasteiger partial charge in [-0.05, 0) is 42.7 Å². The van der Waals surface area contributed by atoms with Crippen molar-refractivity contribution in [2.75, 3.05) is 13.1 Å². The number of nitrogens with zero attached hydrogens (tertiary/aromatic N) is 3. The van der Waals surface area contributed by atoms with Crippen LogP contribution in [0.25, 0.3) is 11.4 Å². The molecule has 0 saturated carbocycles. The highest BCUT2D eigenvalue weighted by molar-refractivity contribution is 5.79. The number of amides is 1. The molecule has 2 heterocycles. The van der Waals surface area contributed by atoms with Crippen LogP contribution in [0.4, 0.5) is 17.6 Å². The maximum atomic E-state index is 13.4. The highest BCUT2D eigenvalue weighted by Crippen LogP contribution is 2.28. The lowest BCUT2D eigenvalue weighted by Gasteiger charge is -2.31. The third kappa shape index (κ3) is 5.43. The summed E-state index contributed by atoms with van der Waals surface area (Å²) in [5.41, 5.74) is 1.08. The Morgan fingerprint density at radius 1 is 1.19 bits per heavy atom. The van der Waals surface area contributed by atoms with Gasteiger partial charge in [-0.25, -0.2) is 4.39 Å². The van der Waals surface area contributed by atoms with Crippen LogP contribution in [0.2, 0.25) is 0 Å². The second-order valence-corrected chi connectivity index (χ2v) is 7.51. The first-order valence-corrected chi connectivity index (χ1v) is 9.99. The average Bonchev–Trinajstić information content (AvgIpc) is 3.25. The molecule has 0 bridgehead atoms. The number of benzene rings is 2. The molecule has 1 saturated heterocycles. The Balaban J connectivity index is 1.38. The molecule has 10 heteroatoms. The van der Waals surface area contributed by atoms with Crippen molar-refractivity contribution in [3.8, 4) is 17.1 Å². The van der Waals surface area contributed by atoms with Crippen LogP contribution in [-0.2, 0) is 11.2 Å². The minimum absolute atomic E-state index is 0.0530. The van der Waals surface area contributed by atoms with Gasteiger partial charge >= 0.3 is 6.36 Å². The van der Waals surface area contributed by atoms with E-state index in [4.69, 9.17) is 4.52 Å². The van der Waals surface area contributed by atoms with Gasteiger partial charge in [-0.2, -0.15) is 4.98 Å². The molecule has 1 unspecified atom stereocenters. The molecule has 1 fully saturated rings. The van der Waals surface area contributed by atoms with Crippen molar-refractivity contribution in [3.05, 3.63) is 65.8 Å². The van der Waals surface area contributed by atoms with Crippen molar-refractivity contribution in [2.24, 2.45) is 0 Å². The lowest BCUT2D eigenvalue weighted by atomic mass is 9.97. The Morgan fingerprint density at radius 3 is 2.69 bits per heavy atom. The molecule has 1 atom stereocenters. The molecule has 4 rings (SSSR count). The van der Waals surface area contributed by atoms with E-state index in [1.54, 1.807) is 17.0 Å². The molecule has 1 aliphatic heterocycles. The summed E-state index contributed by atoms with van der Waals surface area (Å²) in [6.45, 7) is 0.953. The number of halogens is 4. The molecule has 6 nitrogen and oxygen atoms in total. The van der Waals surface area contributed by atoms with Gasteiger partial charge in [-0.3, -0.25) is 4.79 Å². The van der Waals surface area contributed by atoms with Gasteiger partial charge in [0.1, 0.15) is 11.6 Å². The summed E-state index contributed by atoms with van der Waals surface area (Å²) >= 11 is 0. The number of aromatic nitrogens is 2. The van der Waals surface area contributed by atoms with Gasteiger partial charge in [0.15, 0.2) is 0 Å². The summed E-state index contributed by atoms with van der Waals surface area (Å²) in [5.74, 6) is -0.368. The summed E-state index contributed by atoms with van der Waals surface area (Å²) in [7, 11) is 0. The van der Waals surface area contributed by atoms with Crippen LogP contribution < -0.4 is 4.74 Å². The fourth-order valence-corrected chi connectivity index (χ4v) is 3.65. The maximum absolute atomic E-state index is 13.4. The standard InChI is InChI=1S/C22H19F4N3O3/c23-17-5-1-3-15(12-17)20-27-21(32-28-20)16-4-2-10-29(13-16)19(30)11-14-6-8-18(9-7-14)31-22(24,25)26/h1,3,5-9,12,16H,2,4,10-11,13H2. The number of alkyl halides is 3. The summed E-state index contributed by atoms with van der Waals surface area (Å²) in [6.07, 6.45) is -3.20. The molecule has 2 aromatic carbocycles. The van der Waals surface area contributed by atoms with Gasteiger partial charge in [0.25, 0.3) is 0 Å². The predicted octanol–water partition coefficient (Wildman–Crippen LogP) is 4.72. The molecular formula is C22H19F4N3O3. The topological polar surface area (TPSA) is 68.5 Å². The SMILES string of the molecule is O=C(Cc1ccc(OC(F)(F)F)cc1)N1CCCC(c2nc(-c3cccc(F)c3)no2)C1. The first-order valence-electron chi connectivity index (χ1n) is 9.99. The van der Waals surface area contributed by atoms with Crippen LogP contribution in [0.5, 0.6) is 5.75 Å². The van der Waals surface area contributed by atoms with Gasteiger partial charge < -0.3 is 14.2 Å². The van der Waals surface area contributed by atoms with Crippen molar-refractivity contribution < 1.29 is 31.6 Å². The first kappa shape index (κ1) is 21.8. The van der Waals surface area contributed by atoms with Crippen LogP contribution in [0.3, 0.4) is 0 Å². The molecule has 32 heavy (non-hydrogen) atoms. The zero-order chi connectivity index (χ0) is 22.7. The Hall–Kier alpha value is -3.43. The van der Waals surface area contributed by atoms with Crippen molar-refractivity contribution >= 4 is 5.91 Å². The van der Waals surface area contributed by atoms with E-state index in [0.717, 1.165) is 12.8 Å². The first-order chi connectivity index (χ1) is 15.3. The van der Waals surface area contributed by atoms with E-state index in [9.17, 15) is 22.4 Å². The number of hydrogen-bond donors (Lipinski definition) is 0. The Bertz CT molecular complexity index is 1080.